The Kier molecular flexibility index (Phi) is 4.99. The smallest absolute Gasteiger partial charge is 0.256 e. The van der Waals surface area contributed by atoms with Crippen LogP contribution in [-0.4, -0.2) is 5.91 Å². The Bertz CT molecular complexity index is 665. The summed E-state index contributed by atoms with van der Waals surface area (Å²) in [6, 6.07) is 7.76. The third kappa shape index (κ3) is 3.48. The molecule has 2 nitrogen and oxygen atoms in total. The minimum Gasteiger partial charge on any atom is -0.320 e. The molecule has 6 heteroatoms. The summed E-state index contributed by atoms with van der Waals surface area (Å²) in [4.78, 5) is 12.2. The molecule has 0 fully saturated rings. The highest BCUT2D eigenvalue weighted by Gasteiger charge is 2.15. The van der Waals surface area contributed by atoms with Crippen molar-refractivity contribution in [3.63, 3.8) is 0 Å². The largest absolute Gasteiger partial charge is 0.320 e. The van der Waals surface area contributed by atoms with Crippen molar-refractivity contribution >= 4 is 59.4 Å². The first-order valence-electron chi connectivity index (χ1n) is 5.60. The van der Waals surface area contributed by atoms with Crippen molar-refractivity contribution in [2.24, 2.45) is 0 Å². The van der Waals surface area contributed by atoms with Gasteiger partial charge in [0.15, 0.2) is 0 Å². The van der Waals surface area contributed by atoms with Gasteiger partial charge in [-0.1, -0.05) is 0 Å². The number of carbonyl (C=O) groups excluding carboxylic acids is 1. The minimum absolute atomic E-state index is 0.240. The van der Waals surface area contributed by atoms with Gasteiger partial charge in [0, 0.05) is 13.4 Å². The third-order valence-corrected chi connectivity index (χ3v) is 4.54. The molecule has 0 unspecified atom stereocenters. The Hall–Kier alpha value is -0.720. The van der Waals surface area contributed by atoms with E-state index in [2.05, 4.69) is 53.1 Å². The van der Waals surface area contributed by atoms with E-state index >= 15 is 0 Å². The molecule has 0 radical (unpaired) electrons. The van der Waals surface area contributed by atoms with E-state index in [0.29, 0.717) is 10.2 Å². The van der Waals surface area contributed by atoms with Gasteiger partial charge in [-0.15, -0.1) is 0 Å². The monoisotopic (exact) mass is 463 g/mol. The fraction of sp³-hybridized carbons (Fsp3) is 0.0714. The summed E-state index contributed by atoms with van der Waals surface area (Å²) in [5.41, 5.74) is 1.90. The highest BCUT2D eigenvalue weighted by Crippen LogP contribution is 2.33. The maximum Gasteiger partial charge on any atom is 0.256 e. The molecule has 0 atom stereocenters. The maximum atomic E-state index is 13.2. The van der Waals surface area contributed by atoms with E-state index in [1.165, 1.54) is 18.2 Å². The van der Waals surface area contributed by atoms with E-state index in [9.17, 15) is 9.18 Å². The Morgan fingerprint density at radius 1 is 1.05 bits per heavy atom. The zero-order chi connectivity index (χ0) is 14.9. The molecule has 0 aliphatic rings. The van der Waals surface area contributed by atoms with E-state index in [1.807, 2.05) is 19.1 Å². The lowest BCUT2D eigenvalue weighted by atomic mass is 10.2. The number of hydrogen-bond donors (Lipinski definition) is 1. The van der Waals surface area contributed by atoms with Crippen molar-refractivity contribution in [2.45, 2.75) is 6.92 Å². The third-order valence-electron chi connectivity index (χ3n) is 2.60. The van der Waals surface area contributed by atoms with Crippen molar-refractivity contribution in [3.8, 4) is 0 Å². The second kappa shape index (κ2) is 6.37. The number of anilines is 1. The fourth-order valence-electron chi connectivity index (χ4n) is 1.67. The van der Waals surface area contributed by atoms with Crippen LogP contribution in [0.25, 0.3) is 0 Å². The van der Waals surface area contributed by atoms with Crippen molar-refractivity contribution < 1.29 is 9.18 Å². The average molecular weight is 466 g/mol. The van der Waals surface area contributed by atoms with E-state index in [0.717, 1.165) is 14.5 Å². The first-order valence-corrected chi connectivity index (χ1v) is 7.98. The summed E-state index contributed by atoms with van der Waals surface area (Å²) < 4.78 is 15.3. The topological polar surface area (TPSA) is 29.1 Å². The molecule has 0 aromatic heterocycles. The van der Waals surface area contributed by atoms with Crippen LogP contribution in [-0.2, 0) is 0 Å². The predicted molar refractivity (Wildman–Crippen MR) is 88.6 cm³/mol. The molecule has 0 spiro atoms. The number of nitrogens with one attached hydrogen (secondary N) is 1. The molecular formula is C14H9Br3FNO. The van der Waals surface area contributed by atoms with Gasteiger partial charge in [0.25, 0.3) is 5.91 Å². The Morgan fingerprint density at radius 2 is 1.65 bits per heavy atom. The molecule has 2 aromatic carbocycles. The summed E-state index contributed by atoms with van der Waals surface area (Å²) in [5, 5.41) is 2.76. The van der Waals surface area contributed by atoms with Gasteiger partial charge in [-0.25, -0.2) is 4.39 Å². The van der Waals surface area contributed by atoms with Crippen molar-refractivity contribution in [1.82, 2.24) is 0 Å². The van der Waals surface area contributed by atoms with Crippen LogP contribution in [0.2, 0.25) is 0 Å². The molecule has 1 amide bonds. The molecule has 104 valence electrons. The van der Waals surface area contributed by atoms with Crippen LogP contribution in [0.3, 0.4) is 0 Å². The second-order valence-corrected chi connectivity index (χ2v) is 6.74. The van der Waals surface area contributed by atoms with Gasteiger partial charge in [-0.05, 0) is 90.6 Å². The fourth-order valence-corrected chi connectivity index (χ4v) is 3.71. The van der Waals surface area contributed by atoms with E-state index < -0.39 is 5.82 Å². The van der Waals surface area contributed by atoms with Crippen LogP contribution in [0.5, 0.6) is 0 Å². The lowest BCUT2D eigenvalue weighted by Crippen LogP contribution is -2.13. The summed E-state index contributed by atoms with van der Waals surface area (Å²) >= 11 is 10.0. The molecule has 0 saturated carbocycles. The number of aryl methyl sites for hydroxylation is 1. The molecule has 20 heavy (non-hydrogen) atoms. The Balaban J connectivity index is 2.35. The van der Waals surface area contributed by atoms with Gasteiger partial charge < -0.3 is 5.32 Å². The van der Waals surface area contributed by atoms with Crippen LogP contribution >= 0.6 is 47.8 Å². The van der Waals surface area contributed by atoms with Crippen LogP contribution in [0.15, 0.2) is 43.7 Å². The highest BCUT2D eigenvalue weighted by atomic mass is 79.9. The number of halogens is 4. The Morgan fingerprint density at radius 3 is 2.25 bits per heavy atom. The van der Waals surface area contributed by atoms with Gasteiger partial charge in [0.05, 0.1) is 11.3 Å². The van der Waals surface area contributed by atoms with Crippen molar-refractivity contribution in [2.75, 3.05) is 5.32 Å². The summed E-state index contributed by atoms with van der Waals surface area (Å²) in [7, 11) is 0. The first kappa shape index (κ1) is 15.7. The molecular weight excluding hydrogens is 457 g/mol. The summed E-state index contributed by atoms with van der Waals surface area (Å²) in [6.45, 7) is 1.95. The normalized spacial score (nSPS) is 10.4. The van der Waals surface area contributed by atoms with Crippen molar-refractivity contribution in [3.05, 3.63) is 60.7 Å². The van der Waals surface area contributed by atoms with Gasteiger partial charge in [-0.2, -0.15) is 0 Å². The number of benzene rings is 2. The quantitative estimate of drug-likeness (QED) is 0.608. The van der Waals surface area contributed by atoms with Crippen LogP contribution in [0.1, 0.15) is 15.9 Å². The van der Waals surface area contributed by atoms with Gasteiger partial charge in [0.1, 0.15) is 5.82 Å². The molecule has 0 saturated heterocycles. The van der Waals surface area contributed by atoms with Crippen LogP contribution < -0.4 is 5.32 Å². The first-order chi connectivity index (χ1) is 9.38. The molecule has 2 aromatic rings. The predicted octanol–water partition coefficient (Wildman–Crippen LogP) is 5.67. The lowest BCUT2D eigenvalue weighted by Gasteiger charge is -2.11. The minimum atomic E-state index is -0.458. The molecule has 0 aliphatic carbocycles. The standard InChI is InChI=1S/C14H9Br3FNO/c1-7-4-11(16)13(12(17)5-7)19-14(20)9-6-8(18)2-3-10(9)15/h2-6H,1H3,(H,19,20). The summed E-state index contributed by atoms with van der Waals surface area (Å²) in [6.07, 6.45) is 0. The SMILES string of the molecule is Cc1cc(Br)c(NC(=O)c2cc(F)ccc2Br)c(Br)c1. The number of hydrogen-bond acceptors (Lipinski definition) is 1. The zero-order valence-corrected chi connectivity index (χ0v) is 15.1. The van der Waals surface area contributed by atoms with E-state index in [-0.39, 0.29) is 11.5 Å². The Labute approximate surface area is 141 Å². The number of carbonyl (C=O) groups is 1. The van der Waals surface area contributed by atoms with Gasteiger partial charge in [0.2, 0.25) is 0 Å². The number of rotatable bonds is 2. The highest BCUT2D eigenvalue weighted by molar-refractivity contribution is 9.11. The van der Waals surface area contributed by atoms with Crippen molar-refractivity contribution in [1.29, 1.82) is 0 Å². The van der Waals surface area contributed by atoms with Gasteiger partial charge >= 0.3 is 0 Å². The summed E-state index contributed by atoms with van der Waals surface area (Å²) in [5.74, 6) is -0.845. The molecule has 0 heterocycles. The van der Waals surface area contributed by atoms with E-state index in [4.69, 9.17) is 0 Å². The van der Waals surface area contributed by atoms with Crippen LogP contribution in [0.4, 0.5) is 10.1 Å². The van der Waals surface area contributed by atoms with E-state index in [1.54, 1.807) is 0 Å². The molecule has 0 bridgehead atoms. The van der Waals surface area contributed by atoms with Gasteiger partial charge in [-0.3, -0.25) is 4.79 Å². The average Bonchev–Trinajstić information content (AvgIpc) is 2.36. The molecule has 2 rings (SSSR count). The maximum absolute atomic E-state index is 13.2. The second-order valence-electron chi connectivity index (χ2n) is 4.18. The lowest BCUT2D eigenvalue weighted by molar-refractivity contribution is 0.102. The molecule has 1 N–H and O–H groups in total. The zero-order valence-electron chi connectivity index (χ0n) is 10.3. The molecule has 0 aliphatic heterocycles. The van der Waals surface area contributed by atoms with Crippen LogP contribution in [0, 0.1) is 12.7 Å². The number of amides is 1.